The molecule has 0 atom stereocenters. The Balaban J connectivity index is 2.93. The van der Waals surface area contributed by atoms with Crippen molar-refractivity contribution in [2.75, 3.05) is 18.9 Å². The third-order valence-electron chi connectivity index (χ3n) is 3.52. The van der Waals surface area contributed by atoms with Crippen LogP contribution in [0.4, 0.5) is 11.4 Å². The van der Waals surface area contributed by atoms with Gasteiger partial charge in [-0.15, -0.1) is 0 Å². The normalized spacial score (nSPS) is 11.2. The Hall–Kier alpha value is -1.66. The fourth-order valence-corrected chi connectivity index (χ4v) is 2.40. The van der Waals surface area contributed by atoms with Crippen molar-refractivity contribution in [2.45, 2.75) is 39.3 Å². The molecule has 1 rings (SSSR count). The fourth-order valence-electron chi connectivity index (χ4n) is 2.40. The second-order valence-corrected chi connectivity index (χ2v) is 4.81. The second kappa shape index (κ2) is 7.81. The standard InChI is InChI=1S/C14H23N3O3/c1-3-12(4-2)16(7-8-18)10-11-5-6-13(15)14(9-11)17(19)20/h5-6,9,12,18H,3-4,7-8,10,15H2,1-2H3. The van der Waals surface area contributed by atoms with E-state index in [1.165, 1.54) is 6.07 Å². The maximum atomic E-state index is 10.9. The zero-order chi connectivity index (χ0) is 15.1. The molecule has 0 aliphatic heterocycles. The van der Waals surface area contributed by atoms with Crippen molar-refractivity contribution in [1.29, 1.82) is 0 Å². The van der Waals surface area contributed by atoms with E-state index >= 15 is 0 Å². The molecule has 0 unspecified atom stereocenters. The van der Waals surface area contributed by atoms with E-state index < -0.39 is 4.92 Å². The molecule has 0 radical (unpaired) electrons. The number of hydrogen-bond acceptors (Lipinski definition) is 5. The lowest BCUT2D eigenvalue weighted by Gasteiger charge is -2.29. The molecule has 0 aromatic heterocycles. The second-order valence-electron chi connectivity index (χ2n) is 4.81. The van der Waals surface area contributed by atoms with E-state index in [-0.39, 0.29) is 18.0 Å². The molecule has 0 fully saturated rings. The van der Waals surface area contributed by atoms with Crippen LogP contribution >= 0.6 is 0 Å². The Morgan fingerprint density at radius 2 is 2.05 bits per heavy atom. The smallest absolute Gasteiger partial charge is 0.292 e. The zero-order valence-corrected chi connectivity index (χ0v) is 12.1. The van der Waals surface area contributed by atoms with Gasteiger partial charge < -0.3 is 10.8 Å². The summed E-state index contributed by atoms with van der Waals surface area (Å²) in [4.78, 5) is 12.6. The Morgan fingerprint density at radius 1 is 1.40 bits per heavy atom. The van der Waals surface area contributed by atoms with E-state index in [1.807, 2.05) is 0 Å². The van der Waals surface area contributed by atoms with Crippen LogP contribution < -0.4 is 5.73 Å². The van der Waals surface area contributed by atoms with Crippen LogP contribution in [0, 0.1) is 10.1 Å². The minimum atomic E-state index is -0.466. The van der Waals surface area contributed by atoms with Gasteiger partial charge >= 0.3 is 0 Å². The van der Waals surface area contributed by atoms with Crippen molar-refractivity contribution in [3.05, 3.63) is 33.9 Å². The largest absolute Gasteiger partial charge is 0.395 e. The first-order chi connectivity index (χ1) is 9.53. The summed E-state index contributed by atoms with van der Waals surface area (Å²) in [5, 5.41) is 20.1. The van der Waals surface area contributed by atoms with Crippen molar-refractivity contribution >= 4 is 11.4 Å². The van der Waals surface area contributed by atoms with Crippen molar-refractivity contribution in [3.8, 4) is 0 Å². The number of nitrogen functional groups attached to an aromatic ring is 1. The van der Waals surface area contributed by atoms with Crippen LogP contribution in [-0.2, 0) is 6.54 Å². The van der Waals surface area contributed by atoms with Gasteiger partial charge in [-0.3, -0.25) is 15.0 Å². The average molecular weight is 281 g/mol. The molecule has 0 heterocycles. The van der Waals surface area contributed by atoms with E-state index in [0.717, 1.165) is 18.4 Å². The molecule has 0 aliphatic rings. The van der Waals surface area contributed by atoms with Gasteiger partial charge in [-0.2, -0.15) is 0 Å². The number of nitrogens with zero attached hydrogens (tertiary/aromatic N) is 2. The van der Waals surface area contributed by atoms with Crippen LogP contribution in [0.25, 0.3) is 0 Å². The lowest BCUT2D eigenvalue weighted by atomic mass is 10.1. The summed E-state index contributed by atoms with van der Waals surface area (Å²) in [6.45, 7) is 5.42. The van der Waals surface area contributed by atoms with Crippen molar-refractivity contribution in [3.63, 3.8) is 0 Å². The Bertz CT molecular complexity index is 447. The maximum absolute atomic E-state index is 10.9. The van der Waals surface area contributed by atoms with Gasteiger partial charge in [0.25, 0.3) is 5.69 Å². The van der Waals surface area contributed by atoms with Gasteiger partial charge in [0.2, 0.25) is 0 Å². The quantitative estimate of drug-likeness (QED) is 0.433. The van der Waals surface area contributed by atoms with Gasteiger partial charge in [0.1, 0.15) is 5.69 Å². The van der Waals surface area contributed by atoms with Gasteiger partial charge in [0.15, 0.2) is 0 Å². The molecule has 0 spiro atoms. The molecule has 20 heavy (non-hydrogen) atoms. The molecular formula is C14H23N3O3. The van der Waals surface area contributed by atoms with Crippen LogP contribution in [0.5, 0.6) is 0 Å². The summed E-state index contributed by atoms with van der Waals surface area (Å²) in [7, 11) is 0. The molecule has 6 nitrogen and oxygen atoms in total. The molecule has 0 saturated heterocycles. The number of nitro benzene ring substituents is 1. The van der Waals surface area contributed by atoms with Crippen LogP contribution in [0.1, 0.15) is 32.3 Å². The first-order valence-corrected chi connectivity index (χ1v) is 6.91. The van der Waals surface area contributed by atoms with E-state index in [9.17, 15) is 15.2 Å². The number of nitrogens with two attached hydrogens (primary N) is 1. The molecule has 0 amide bonds. The summed E-state index contributed by atoms with van der Waals surface area (Å²) >= 11 is 0. The topological polar surface area (TPSA) is 92.6 Å². The predicted molar refractivity (Wildman–Crippen MR) is 79.4 cm³/mol. The number of hydrogen-bond donors (Lipinski definition) is 2. The molecule has 112 valence electrons. The summed E-state index contributed by atoms with van der Waals surface area (Å²) in [5.74, 6) is 0. The zero-order valence-electron chi connectivity index (χ0n) is 12.1. The molecule has 3 N–H and O–H groups in total. The summed E-state index contributed by atoms with van der Waals surface area (Å²) < 4.78 is 0. The van der Waals surface area contributed by atoms with Gasteiger partial charge in [-0.25, -0.2) is 0 Å². The fraction of sp³-hybridized carbons (Fsp3) is 0.571. The van der Waals surface area contributed by atoms with E-state index in [1.54, 1.807) is 12.1 Å². The van der Waals surface area contributed by atoms with E-state index in [2.05, 4.69) is 18.7 Å². The monoisotopic (exact) mass is 281 g/mol. The first-order valence-electron chi connectivity index (χ1n) is 6.91. The van der Waals surface area contributed by atoms with E-state index in [4.69, 9.17) is 5.73 Å². The van der Waals surface area contributed by atoms with Crippen LogP contribution in [0.15, 0.2) is 18.2 Å². The van der Waals surface area contributed by atoms with Crippen LogP contribution in [0.3, 0.4) is 0 Å². The summed E-state index contributed by atoms with van der Waals surface area (Å²) in [6.07, 6.45) is 1.96. The third kappa shape index (κ3) is 4.18. The third-order valence-corrected chi connectivity index (χ3v) is 3.52. The highest BCUT2D eigenvalue weighted by molar-refractivity contribution is 5.59. The highest BCUT2D eigenvalue weighted by Gasteiger charge is 2.17. The minimum absolute atomic E-state index is 0.0593. The average Bonchev–Trinajstić information content (AvgIpc) is 2.42. The predicted octanol–water partition coefficient (Wildman–Crippen LogP) is 2.16. The number of nitro groups is 1. The molecule has 0 aliphatic carbocycles. The van der Waals surface area contributed by atoms with Crippen LogP contribution in [-0.4, -0.2) is 34.1 Å². The maximum Gasteiger partial charge on any atom is 0.292 e. The minimum Gasteiger partial charge on any atom is -0.395 e. The summed E-state index contributed by atoms with van der Waals surface area (Å²) in [6, 6.07) is 5.24. The number of aliphatic hydroxyl groups is 1. The van der Waals surface area contributed by atoms with Crippen molar-refractivity contribution in [1.82, 2.24) is 4.90 Å². The molecule has 1 aromatic carbocycles. The first kappa shape index (κ1) is 16.4. The Morgan fingerprint density at radius 3 is 2.55 bits per heavy atom. The van der Waals surface area contributed by atoms with Crippen molar-refractivity contribution in [2.24, 2.45) is 0 Å². The van der Waals surface area contributed by atoms with E-state index in [0.29, 0.717) is 19.1 Å². The number of benzene rings is 1. The van der Waals surface area contributed by atoms with Gasteiger partial charge in [0.05, 0.1) is 11.5 Å². The van der Waals surface area contributed by atoms with Gasteiger partial charge in [-0.05, 0) is 24.5 Å². The van der Waals surface area contributed by atoms with Crippen LogP contribution in [0.2, 0.25) is 0 Å². The Labute approximate surface area is 119 Å². The Kier molecular flexibility index (Phi) is 6.41. The highest BCUT2D eigenvalue weighted by atomic mass is 16.6. The lowest BCUT2D eigenvalue weighted by Crippen LogP contribution is -2.36. The van der Waals surface area contributed by atoms with Gasteiger partial charge in [0, 0.05) is 25.2 Å². The SMILES string of the molecule is CCC(CC)N(CCO)Cc1ccc(N)c([N+](=O)[O-])c1. The molecule has 0 saturated carbocycles. The lowest BCUT2D eigenvalue weighted by molar-refractivity contribution is -0.384. The summed E-state index contributed by atoms with van der Waals surface area (Å²) in [5.41, 5.74) is 6.55. The number of anilines is 1. The molecular weight excluding hydrogens is 258 g/mol. The number of rotatable bonds is 8. The number of aliphatic hydroxyl groups excluding tert-OH is 1. The molecule has 0 bridgehead atoms. The highest BCUT2D eigenvalue weighted by Crippen LogP contribution is 2.24. The van der Waals surface area contributed by atoms with Crippen molar-refractivity contribution < 1.29 is 10.0 Å². The van der Waals surface area contributed by atoms with Gasteiger partial charge in [-0.1, -0.05) is 19.9 Å². The molecule has 6 heteroatoms. The molecule has 1 aromatic rings.